The number of methoxy groups -OCH3 is 1. The van der Waals surface area contributed by atoms with Gasteiger partial charge < -0.3 is 24.6 Å². The molecule has 0 saturated carbocycles. The average Bonchev–Trinajstić information content (AvgIpc) is 3.27. The van der Waals surface area contributed by atoms with Crippen LogP contribution in [0.2, 0.25) is 0 Å². The van der Waals surface area contributed by atoms with Gasteiger partial charge in [0, 0.05) is 5.69 Å². The predicted octanol–water partition coefficient (Wildman–Crippen LogP) is 0.373. The number of amides is 1. The van der Waals surface area contributed by atoms with Crippen molar-refractivity contribution in [2.75, 3.05) is 51.8 Å². The highest BCUT2D eigenvalue weighted by molar-refractivity contribution is 5.93. The van der Waals surface area contributed by atoms with E-state index in [4.69, 9.17) is 9.47 Å². The van der Waals surface area contributed by atoms with Crippen molar-refractivity contribution >= 4 is 11.6 Å². The molecular formula is C25H35N3O3+2. The van der Waals surface area contributed by atoms with E-state index in [1.165, 1.54) is 28.9 Å². The van der Waals surface area contributed by atoms with Crippen LogP contribution in [0.5, 0.6) is 11.5 Å². The molecular weight excluding hydrogens is 390 g/mol. The third-order valence-electron chi connectivity index (χ3n) is 6.75. The summed E-state index contributed by atoms with van der Waals surface area (Å²) in [4.78, 5) is 15.7. The van der Waals surface area contributed by atoms with Crippen molar-refractivity contribution in [1.82, 2.24) is 0 Å². The van der Waals surface area contributed by atoms with Crippen LogP contribution < -0.4 is 24.6 Å². The van der Waals surface area contributed by atoms with Crippen molar-refractivity contribution < 1.29 is 24.1 Å². The van der Waals surface area contributed by atoms with Gasteiger partial charge in [0.1, 0.15) is 50.8 Å². The summed E-state index contributed by atoms with van der Waals surface area (Å²) in [6, 6.07) is 14.1. The van der Waals surface area contributed by atoms with Gasteiger partial charge in [-0.25, -0.2) is 0 Å². The number of hydrogen-bond donors (Lipinski definition) is 3. The van der Waals surface area contributed by atoms with Gasteiger partial charge in [0.05, 0.1) is 7.11 Å². The average molecular weight is 426 g/mol. The van der Waals surface area contributed by atoms with Gasteiger partial charge in [-0.05, 0) is 73.7 Å². The van der Waals surface area contributed by atoms with Crippen LogP contribution in [0.3, 0.4) is 0 Å². The number of hydrogen-bond acceptors (Lipinski definition) is 3. The number of quaternary nitrogens is 2. The minimum atomic E-state index is -0.0367. The fourth-order valence-corrected chi connectivity index (χ4v) is 4.68. The van der Waals surface area contributed by atoms with Gasteiger partial charge in [-0.3, -0.25) is 4.79 Å². The van der Waals surface area contributed by atoms with Gasteiger partial charge in [-0.2, -0.15) is 0 Å². The summed E-state index contributed by atoms with van der Waals surface area (Å²) in [6.45, 7) is 7.89. The van der Waals surface area contributed by atoms with Crippen molar-refractivity contribution in [3.63, 3.8) is 0 Å². The second-order valence-electron chi connectivity index (χ2n) is 8.73. The third-order valence-corrected chi connectivity index (χ3v) is 6.75. The molecule has 1 amide bonds. The number of ether oxygens (including phenoxy) is 2. The largest absolute Gasteiger partial charge is 0.497 e. The minimum Gasteiger partial charge on any atom is -0.497 e. The predicted molar refractivity (Wildman–Crippen MR) is 121 cm³/mol. The molecule has 0 spiro atoms. The first-order valence-electron chi connectivity index (χ1n) is 11.5. The first-order chi connectivity index (χ1) is 15.1. The summed E-state index contributed by atoms with van der Waals surface area (Å²) in [5, 5.41) is 3.15. The summed E-state index contributed by atoms with van der Waals surface area (Å²) >= 11 is 0. The maximum atomic E-state index is 12.8. The Balaban J connectivity index is 1.18. The molecule has 0 bridgehead atoms. The second-order valence-corrected chi connectivity index (χ2v) is 8.73. The standard InChI is InChI=1S/C25H33N3O3/c1-19(25(29)26-22-7-6-20-4-3-5-21(20)18-22)28-14-12-27(13-15-28)16-17-31-24-10-8-23(30-2)9-11-24/h6-11,18-19H,3-5,12-17H2,1-2H3,(H,26,29)/p+2/t19-/m0/s1. The Bertz CT molecular complexity index is 876. The van der Waals surface area contributed by atoms with Crippen LogP contribution in [-0.2, 0) is 17.6 Å². The van der Waals surface area contributed by atoms with Crippen molar-refractivity contribution in [2.45, 2.75) is 32.2 Å². The maximum absolute atomic E-state index is 12.8. The zero-order valence-corrected chi connectivity index (χ0v) is 18.7. The van der Waals surface area contributed by atoms with Crippen LogP contribution in [0.4, 0.5) is 5.69 Å². The molecule has 4 rings (SSSR count). The van der Waals surface area contributed by atoms with Crippen LogP contribution in [0, 0.1) is 0 Å². The van der Waals surface area contributed by atoms with Crippen molar-refractivity contribution in [3.8, 4) is 11.5 Å². The number of aryl methyl sites for hydroxylation is 2. The molecule has 1 heterocycles. The SMILES string of the molecule is COc1ccc(OCC[NH+]2CC[NH+]([C@@H](C)C(=O)Nc3ccc4c(c3)CCC4)CC2)cc1. The monoisotopic (exact) mass is 425 g/mol. The molecule has 2 aromatic carbocycles. The van der Waals surface area contributed by atoms with E-state index in [2.05, 4.69) is 30.4 Å². The maximum Gasteiger partial charge on any atom is 0.282 e. The number of piperazine rings is 1. The third kappa shape index (κ3) is 5.57. The summed E-state index contributed by atoms with van der Waals surface area (Å²) < 4.78 is 11.0. The van der Waals surface area contributed by atoms with Gasteiger partial charge in [0.25, 0.3) is 5.91 Å². The van der Waals surface area contributed by atoms with Gasteiger partial charge in [-0.1, -0.05) is 6.07 Å². The lowest BCUT2D eigenvalue weighted by molar-refractivity contribution is -1.02. The van der Waals surface area contributed by atoms with Crippen LogP contribution in [-0.4, -0.2) is 58.4 Å². The topological polar surface area (TPSA) is 56.4 Å². The Morgan fingerprint density at radius 3 is 2.45 bits per heavy atom. The van der Waals surface area contributed by atoms with E-state index in [0.717, 1.165) is 56.3 Å². The molecule has 0 radical (unpaired) electrons. The van der Waals surface area contributed by atoms with E-state index in [9.17, 15) is 4.79 Å². The zero-order valence-electron chi connectivity index (χ0n) is 18.7. The smallest absolute Gasteiger partial charge is 0.282 e. The normalized spacial score (nSPS) is 21.2. The van der Waals surface area contributed by atoms with Gasteiger partial charge in [0.2, 0.25) is 0 Å². The lowest BCUT2D eigenvalue weighted by Crippen LogP contribution is -3.30. The van der Waals surface area contributed by atoms with Crippen molar-refractivity contribution in [3.05, 3.63) is 53.6 Å². The number of carbonyl (C=O) groups is 1. The first kappa shape index (κ1) is 21.7. The van der Waals surface area contributed by atoms with Gasteiger partial charge in [0.15, 0.2) is 6.04 Å². The van der Waals surface area contributed by atoms with Crippen LogP contribution in [0.1, 0.15) is 24.5 Å². The van der Waals surface area contributed by atoms with E-state index in [1.54, 1.807) is 12.0 Å². The second kappa shape index (κ2) is 10.2. The molecule has 6 nitrogen and oxygen atoms in total. The zero-order chi connectivity index (χ0) is 21.6. The molecule has 2 aromatic rings. The van der Waals surface area contributed by atoms with Crippen molar-refractivity contribution in [1.29, 1.82) is 0 Å². The molecule has 1 aliphatic heterocycles. The number of rotatable bonds is 8. The lowest BCUT2D eigenvalue weighted by atomic mass is 10.1. The Hall–Kier alpha value is -2.57. The Labute approximate surface area is 185 Å². The summed E-state index contributed by atoms with van der Waals surface area (Å²) in [5.41, 5.74) is 3.77. The lowest BCUT2D eigenvalue weighted by Gasteiger charge is -2.32. The Kier molecular flexibility index (Phi) is 7.10. The molecule has 31 heavy (non-hydrogen) atoms. The van der Waals surface area contributed by atoms with Crippen LogP contribution >= 0.6 is 0 Å². The quantitative estimate of drug-likeness (QED) is 0.573. The summed E-state index contributed by atoms with van der Waals surface area (Å²) in [7, 11) is 1.67. The van der Waals surface area contributed by atoms with Crippen molar-refractivity contribution in [2.24, 2.45) is 0 Å². The first-order valence-corrected chi connectivity index (χ1v) is 11.5. The van der Waals surface area contributed by atoms with E-state index in [-0.39, 0.29) is 11.9 Å². The Morgan fingerprint density at radius 2 is 1.71 bits per heavy atom. The van der Waals surface area contributed by atoms with Gasteiger partial charge in [-0.15, -0.1) is 0 Å². The molecule has 1 aliphatic carbocycles. The number of anilines is 1. The summed E-state index contributed by atoms with van der Waals surface area (Å²) in [5.74, 6) is 1.84. The molecule has 6 heteroatoms. The molecule has 3 N–H and O–H groups in total. The number of carbonyl (C=O) groups excluding carboxylic acids is 1. The Morgan fingerprint density at radius 1 is 1.00 bits per heavy atom. The molecule has 1 atom stereocenters. The highest BCUT2D eigenvalue weighted by atomic mass is 16.5. The number of fused-ring (bicyclic) bond motifs is 1. The molecule has 1 saturated heterocycles. The van der Waals surface area contributed by atoms with Crippen LogP contribution in [0.15, 0.2) is 42.5 Å². The van der Waals surface area contributed by atoms with E-state index >= 15 is 0 Å². The molecule has 1 fully saturated rings. The fraction of sp³-hybridized carbons (Fsp3) is 0.480. The number of nitrogens with one attached hydrogen (secondary N) is 3. The van der Waals surface area contributed by atoms with Gasteiger partial charge >= 0.3 is 0 Å². The molecule has 166 valence electrons. The minimum absolute atomic E-state index is 0.0367. The van der Waals surface area contributed by atoms with E-state index in [1.807, 2.05) is 24.3 Å². The highest BCUT2D eigenvalue weighted by Crippen LogP contribution is 2.24. The van der Waals surface area contributed by atoms with E-state index in [0.29, 0.717) is 6.61 Å². The molecule has 2 aliphatic rings. The summed E-state index contributed by atoms with van der Waals surface area (Å²) in [6.07, 6.45) is 3.53. The molecule has 0 aromatic heterocycles. The highest BCUT2D eigenvalue weighted by Gasteiger charge is 2.31. The molecule has 0 unspecified atom stereocenters. The van der Waals surface area contributed by atoms with Crippen LogP contribution in [0.25, 0.3) is 0 Å². The fourth-order valence-electron chi connectivity index (χ4n) is 4.68. The number of benzene rings is 2. The van der Waals surface area contributed by atoms with E-state index < -0.39 is 0 Å².